The van der Waals surface area contributed by atoms with Gasteiger partial charge in [0, 0.05) is 35.4 Å². The van der Waals surface area contributed by atoms with Gasteiger partial charge in [-0.15, -0.1) is 11.3 Å². The third-order valence-corrected chi connectivity index (χ3v) is 5.75. The van der Waals surface area contributed by atoms with Gasteiger partial charge in [0.05, 0.1) is 18.1 Å². The van der Waals surface area contributed by atoms with E-state index in [2.05, 4.69) is 19.2 Å². The van der Waals surface area contributed by atoms with E-state index in [9.17, 15) is 9.59 Å². The Balaban J connectivity index is 2.02. The SMILES string of the molecule is COCCOC(=O)C1=C(C)NC2=C(C(=O)CC(C)(C)C2)[C@H]1c1cccs1. The zero-order valence-electron chi connectivity index (χ0n) is 15.7. The predicted octanol–water partition coefficient (Wildman–Crippen LogP) is 3.54. The lowest BCUT2D eigenvalue weighted by atomic mass is 9.70. The van der Waals surface area contributed by atoms with E-state index in [1.165, 1.54) is 0 Å². The molecular formula is C20H25NO4S. The van der Waals surface area contributed by atoms with Crippen molar-refractivity contribution in [2.24, 2.45) is 5.41 Å². The number of hydrogen-bond acceptors (Lipinski definition) is 6. The number of methoxy groups -OCH3 is 1. The maximum atomic E-state index is 13.0. The molecule has 1 aromatic rings. The molecule has 26 heavy (non-hydrogen) atoms. The molecule has 0 fully saturated rings. The molecule has 0 unspecified atom stereocenters. The predicted molar refractivity (Wildman–Crippen MR) is 101 cm³/mol. The van der Waals surface area contributed by atoms with E-state index in [0.717, 1.165) is 28.3 Å². The molecule has 6 heteroatoms. The van der Waals surface area contributed by atoms with Crippen molar-refractivity contribution >= 4 is 23.1 Å². The third-order valence-electron chi connectivity index (χ3n) is 4.81. The molecule has 140 valence electrons. The first-order chi connectivity index (χ1) is 12.3. The molecule has 2 heterocycles. The minimum absolute atomic E-state index is 0.0837. The highest BCUT2D eigenvalue weighted by Crippen LogP contribution is 2.47. The monoisotopic (exact) mass is 375 g/mol. The van der Waals surface area contributed by atoms with E-state index >= 15 is 0 Å². The molecule has 0 spiro atoms. The second-order valence-corrected chi connectivity index (χ2v) is 8.55. The quantitative estimate of drug-likeness (QED) is 0.630. The van der Waals surface area contributed by atoms with Crippen LogP contribution >= 0.6 is 11.3 Å². The number of dihydropyridines is 1. The second-order valence-electron chi connectivity index (χ2n) is 7.57. The number of carbonyl (C=O) groups excluding carboxylic acids is 2. The molecule has 0 saturated heterocycles. The molecule has 0 radical (unpaired) electrons. The van der Waals surface area contributed by atoms with Crippen molar-refractivity contribution in [3.8, 4) is 0 Å². The molecule has 1 aromatic heterocycles. The van der Waals surface area contributed by atoms with E-state index in [0.29, 0.717) is 18.6 Å². The molecule has 1 atom stereocenters. The van der Waals surface area contributed by atoms with Crippen molar-refractivity contribution in [2.45, 2.75) is 39.5 Å². The summed E-state index contributed by atoms with van der Waals surface area (Å²) in [6.45, 7) is 6.62. The zero-order chi connectivity index (χ0) is 18.9. The summed E-state index contributed by atoms with van der Waals surface area (Å²) in [4.78, 5) is 26.8. The maximum Gasteiger partial charge on any atom is 0.336 e. The molecule has 0 aromatic carbocycles. The average Bonchev–Trinajstić information content (AvgIpc) is 3.06. The Morgan fingerprint density at radius 2 is 2.12 bits per heavy atom. The first-order valence-corrected chi connectivity index (χ1v) is 9.65. The van der Waals surface area contributed by atoms with Gasteiger partial charge in [-0.3, -0.25) is 4.79 Å². The highest BCUT2D eigenvalue weighted by atomic mass is 32.1. The Kier molecular flexibility index (Phi) is 5.34. The van der Waals surface area contributed by atoms with Crippen LogP contribution < -0.4 is 5.32 Å². The van der Waals surface area contributed by atoms with Gasteiger partial charge in [0.2, 0.25) is 0 Å². The summed E-state index contributed by atoms with van der Waals surface area (Å²) in [6.07, 6.45) is 1.28. The van der Waals surface area contributed by atoms with Crippen LogP contribution in [-0.2, 0) is 19.1 Å². The lowest BCUT2D eigenvalue weighted by Crippen LogP contribution is -2.38. The van der Waals surface area contributed by atoms with Crippen LogP contribution in [0, 0.1) is 5.41 Å². The largest absolute Gasteiger partial charge is 0.460 e. The summed E-state index contributed by atoms with van der Waals surface area (Å²) in [5, 5.41) is 5.30. The van der Waals surface area contributed by atoms with E-state index in [1.54, 1.807) is 18.4 Å². The summed E-state index contributed by atoms with van der Waals surface area (Å²) >= 11 is 1.56. The van der Waals surface area contributed by atoms with Crippen LogP contribution in [0.3, 0.4) is 0 Å². The van der Waals surface area contributed by atoms with Crippen LogP contribution in [0.5, 0.6) is 0 Å². The number of ether oxygens (including phenoxy) is 2. The van der Waals surface area contributed by atoms with Gasteiger partial charge in [-0.1, -0.05) is 19.9 Å². The van der Waals surface area contributed by atoms with Gasteiger partial charge in [0.1, 0.15) is 6.61 Å². The fraction of sp³-hybridized carbons (Fsp3) is 0.500. The zero-order valence-corrected chi connectivity index (χ0v) is 16.5. The molecule has 1 aliphatic carbocycles. The number of nitrogens with one attached hydrogen (secondary N) is 1. The molecule has 1 aliphatic heterocycles. The molecule has 0 bridgehead atoms. The standard InChI is InChI=1S/C20H25NO4S/c1-12-16(19(23)25-8-7-24-4)18(15-6-5-9-26-15)17-13(21-12)10-20(2,3)11-14(17)22/h5-6,9,18,21H,7-8,10-11H2,1-4H3/t18-/m0/s1. The van der Waals surface area contributed by atoms with Crippen LogP contribution in [0.15, 0.2) is 40.1 Å². The van der Waals surface area contributed by atoms with Crippen molar-refractivity contribution in [1.82, 2.24) is 5.32 Å². The van der Waals surface area contributed by atoms with E-state index in [1.807, 2.05) is 24.4 Å². The maximum absolute atomic E-state index is 13.0. The Labute approximate surface area is 158 Å². The summed E-state index contributed by atoms with van der Waals surface area (Å²) in [5.74, 6) is -0.642. The fourth-order valence-corrected chi connectivity index (χ4v) is 4.59. The molecule has 2 aliphatic rings. The van der Waals surface area contributed by atoms with Crippen molar-refractivity contribution in [3.05, 3.63) is 44.9 Å². The molecule has 5 nitrogen and oxygen atoms in total. The van der Waals surface area contributed by atoms with Gasteiger partial charge in [-0.05, 0) is 30.2 Å². The number of esters is 1. The molecule has 1 N–H and O–H groups in total. The Morgan fingerprint density at radius 3 is 2.77 bits per heavy atom. The Morgan fingerprint density at radius 1 is 1.35 bits per heavy atom. The number of allylic oxidation sites excluding steroid dienone is 3. The number of rotatable bonds is 5. The van der Waals surface area contributed by atoms with Gasteiger partial charge in [-0.2, -0.15) is 0 Å². The highest BCUT2D eigenvalue weighted by Gasteiger charge is 2.43. The van der Waals surface area contributed by atoms with Gasteiger partial charge >= 0.3 is 5.97 Å². The van der Waals surface area contributed by atoms with E-state index in [4.69, 9.17) is 9.47 Å². The third kappa shape index (κ3) is 3.62. The first kappa shape index (κ1) is 18.9. The molecule has 3 rings (SSSR count). The Hall–Kier alpha value is -1.92. The van der Waals surface area contributed by atoms with Crippen LogP contribution in [0.2, 0.25) is 0 Å². The average molecular weight is 375 g/mol. The second kappa shape index (κ2) is 7.37. The van der Waals surface area contributed by atoms with Crippen molar-refractivity contribution in [1.29, 1.82) is 0 Å². The van der Waals surface area contributed by atoms with Gasteiger partial charge in [-0.25, -0.2) is 4.79 Å². The van der Waals surface area contributed by atoms with Crippen LogP contribution in [0.25, 0.3) is 0 Å². The van der Waals surface area contributed by atoms with Crippen molar-refractivity contribution in [3.63, 3.8) is 0 Å². The summed E-state index contributed by atoms with van der Waals surface area (Å²) in [5.41, 5.74) is 2.86. The first-order valence-electron chi connectivity index (χ1n) is 8.77. The summed E-state index contributed by atoms with van der Waals surface area (Å²) < 4.78 is 10.3. The Bertz CT molecular complexity index is 774. The van der Waals surface area contributed by atoms with Crippen molar-refractivity contribution in [2.75, 3.05) is 20.3 Å². The summed E-state index contributed by atoms with van der Waals surface area (Å²) in [6, 6.07) is 3.93. The minimum atomic E-state index is -0.394. The van der Waals surface area contributed by atoms with E-state index < -0.39 is 5.97 Å². The number of ketones is 1. The van der Waals surface area contributed by atoms with E-state index in [-0.39, 0.29) is 23.7 Å². The van der Waals surface area contributed by atoms with Gasteiger partial charge in [0.15, 0.2) is 5.78 Å². The lowest BCUT2D eigenvalue weighted by Gasteiger charge is -2.39. The number of thiophene rings is 1. The minimum Gasteiger partial charge on any atom is -0.460 e. The molecule has 0 saturated carbocycles. The summed E-state index contributed by atoms with van der Waals surface area (Å²) in [7, 11) is 1.56. The normalized spacial score (nSPS) is 22.2. The topological polar surface area (TPSA) is 64.6 Å². The van der Waals surface area contributed by atoms with Crippen molar-refractivity contribution < 1.29 is 19.1 Å². The van der Waals surface area contributed by atoms with Gasteiger partial charge < -0.3 is 14.8 Å². The van der Waals surface area contributed by atoms with Crippen LogP contribution in [0.4, 0.5) is 0 Å². The molecular weight excluding hydrogens is 350 g/mol. The fourth-order valence-electron chi connectivity index (χ4n) is 3.74. The number of hydrogen-bond donors (Lipinski definition) is 1. The molecule has 0 amide bonds. The highest BCUT2D eigenvalue weighted by molar-refractivity contribution is 7.10. The lowest BCUT2D eigenvalue weighted by molar-refractivity contribution is -0.140. The van der Waals surface area contributed by atoms with Gasteiger partial charge in [0.25, 0.3) is 0 Å². The number of carbonyl (C=O) groups is 2. The smallest absolute Gasteiger partial charge is 0.336 e. The van der Waals surface area contributed by atoms with Crippen LogP contribution in [-0.4, -0.2) is 32.1 Å². The van der Waals surface area contributed by atoms with Crippen LogP contribution in [0.1, 0.15) is 44.4 Å². The number of Topliss-reactive ketones (excluding diaryl/α,β-unsaturated/α-hetero) is 1.